The summed E-state index contributed by atoms with van der Waals surface area (Å²) in [4.78, 5) is 15.4. The minimum absolute atomic E-state index is 0.0440. The second kappa shape index (κ2) is 8.64. The molecule has 2 atom stereocenters. The SMILES string of the molecule is COc1ccc(S(=O)(=O)N2CCC(C(=O)N3CC[C@H]4CCCC[C@H]4C3)CC2)cc1. The van der Waals surface area contributed by atoms with Gasteiger partial charge in [0.25, 0.3) is 0 Å². The predicted octanol–water partition coefficient (Wildman–Crippen LogP) is 3.13. The fourth-order valence-electron chi connectivity index (χ4n) is 5.30. The number of fused-ring (bicyclic) bond motifs is 1. The Morgan fingerprint density at radius 3 is 2.24 bits per heavy atom. The molecule has 29 heavy (non-hydrogen) atoms. The zero-order valence-corrected chi connectivity index (χ0v) is 18.1. The van der Waals surface area contributed by atoms with Gasteiger partial charge in [0, 0.05) is 32.1 Å². The van der Waals surface area contributed by atoms with Crippen molar-refractivity contribution in [3.8, 4) is 5.75 Å². The summed E-state index contributed by atoms with van der Waals surface area (Å²) in [6.45, 7) is 2.60. The average molecular weight is 421 g/mol. The number of sulfonamides is 1. The van der Waals surface area contributed by atoms with Crippen LogP contribution in [0, 0.1) is 17.8 Å². The molecule has 7 heteroatoms. The number of nitrogens with zero attached hydrogens (tertiary/aromatic N) is 2. The van der Waals surface area contributed by atoms with Crippen molar-refractivity contribution < 1.29 is 17.9 Å². The van der Waals surface area contributed by atoms with Crippen LogP contribution in [-0.2, 0) is 14.8 Å². The molecule has 0 spiro atoms. The maximum absolute atomic E-state index is 13.1. The number of carbonyl (C=O) groups excluding carboxylic acids is 1. The lowest BCUT2D eigenvalue weighted by molar-refractivity contribution is -0.139. The minimum atomic E-state index is -3.52. The van der Waals surface area contributed by atoms with Crippen molar-refractivity contribution in [1.82, 2.24) is 9.21 Å². The Kier molecular flexibility index (Phi) is 6.16. The van der Waals surface area contributed by atoms with Gasteiger partial charge in [0.15, 0.2) is 0 Å². The molecule has 1 saturated carbocycles. The quantitative estimate of drug-likeness (QED) is 0.751. The van der Waals surface area contributed by atoms with Crippen molar-refractivity contribution in [1.29, 1.82) is 0 Å². The topological polar surface area (TPSA) is 66.9 Å². The van der Waals surface area contributed by atoms with Gasteiger partial charge >= 0.3 is 0 Å². The van der Waals surface area contributed by atoms with Gasteiger partial charge in [0.2, 0.25) is 15.9 Å². The largest absolute Gasteiger partial charge is 0.497 e. The zero-order chi connectivity index (χ0) is 20.4. The highest BCUT2D eigenvalue weighted by molar-refractivity contribution is 7.89. The standard InChI is InChI=1S/C22H32N2O4S/c1-28-20-6-8-21(9-7-20)29(26,27)24-14-11-18(12-15-24)22(25)23-13-10-17-4-2-3-5-19(17)16-23/h6-9,17-19H,2-5,10-16H2,1H3/t17-,19+/m1/s1. The Morgan fingerprint density at radius 2 is 1.59 bits per heavy atom. The molecule has 0 unspecified atom stereocenters. The molecule has 0 bridgehead atoms. The molecule has 1 aromatic carbocycles. The summed E-state index contributed by atoms with van der Waals surface area (Å²) in [6.07, 6.45) is 7.58. The van der Waals surface area contributed by atoms with Gasteiger partial charge in [-0.1, -0.05) is 19.3 Å². The van der Waals surface area contributed by atoms with Gasteiger partial charge in [0.1, 0.15) is 5.75 Å². The first-order valence-corrected chi connectivity index (χ1v) is 12.4. The molecule has 0 aromatic heterocycles. The molecule has 0 N–H and O–H groups in total. The highest BCUT2D eigenvalue weighted by Gasteiger charge is 2.37. The molecular weight excluding hydrogens is 388 g/mol. The molecule has 1 aromatic rings. The number of likely N-dealkylation sites (tertiary alicyclic amines) is 1. The van der Waals surface area contributed by atoms with Crippen molar-refractivity contribution in [2.75, 3.05) is 33.3 Å². The van der Waals surface area contributed by atoms with Gasteiger partial charge in [-0.2, -0.15) is 4.31 Å². The van der Waals surface area contributed by atoms with Crippen LogP contribution in [0.15, 0.2) is 29.2 Å². The molecule has 2 aliphatic heterocycles. The van der Waals surface area contributed by atoms with Crippen LogP contribution in [0.1, 0.15) is 44.9 Å². The van der Waals surface area contributed by atoms with Gasteiger partial charge in [-0.25, -0.2) is 8.42 Å². The number of methoxy groups -OCH3 is 1. The molecule has 3 fully saturated rings. The van der Waals surface area contributed by atoms with E-state index in [0.717, 1.165) is 25.4 Å². The number of hydrogen-bond acceptors (Lipinski definition) is 4. The summed E-state index contributed by atoms with van der Waals surface area (Å²) in [5, 5.41) is 0. The smallest absolute Gasteiger partial charge is 0.243 e. The Labute approximate surface area is 174 Å². The van der Waals surface area contributed by atoms with Crippen molar-refractivity contribution in [2.45, 2.75) is 49.8 Å². The van der Waals surface area contributed by atoms with Crippen LogP contribution in [0.3, 0.4) is 0 Å². The maximum Gasteiger partial charge on any atom is 0.243 e. The van der Waals surface area contributed by atoms with Gasteiger partial charge in [-0.05, 0) is 61.8 Å². The lowest BCUT2D eigenvalue weighted by Crippen LogP contribution is -2.49. The molecule has 0 radical (unpaired) electrons. The van der Waals surface area contributed by atoms with Gasteiger partial charge in [-0.3, -0.25) is 4.79 Å². The Bertz CT molecular complexity index is 816. The zero-order valence-electron chi connectivity index (χ0n) is 17.3. The number of amides is 1. The molecule has 6 nitrogen and oxygen atoms in total. The summed E-state index contributed by atoms with van der Waals surface area (Å²) < 4.78 is 32.5. The number of benzene rings is 1. The first-order valence-electron chi connectivity index (χ1n) is 10.9. The van der Waals surface area contributed by atoms with Crippen molar-refractivity contribution >= 4 is 15.9 Å². The van der Waals surface area contributed by atoms with Gasteiger partial charge in [-0.15, -0.1) is 0 Å². The fourth-order valence-corrected chi connectivity index (χ4v) is 6.77. The number of rotatable bonds is 4. The molecular formula is C22H32N2O4S. The monoisotopic (exact) mass is 420 g/mol. The second-order valence-electron chi connectivity index (χ2n) is 8.73. The third-order valence-corrected chi connectivity index (χ3v) is 9.02. The summed E-state index contributed by atoms with van der Waals surface area (Å²) in [6, 6.07) is 6.50. The highest BCUT2D eigenvalue weighted by atomic mass is 32.2. The normalized spacial score (nSPS) is 26.7. The van der Waals surface area contributed by atoms with E-state index in [1.54, 1.807) is 31.4 Å². The molecule has 2 heterocycles. The maximum atomic E-state index is 13.1. The number of ether oxygens (including phenoxy) is 1. The molecule has 1 aliphatic carbocycles. The average Bonchev–Trinajstić information content (AvgIpc) is 2.78. The lowest BCUT2D eigenvalue weighted by Gasteiger charge is -2.43. The Hall–Kier alpha value is -1.60. The minimum Gasteiger partial charge on any atom is -0.497 e. The van der Waals surface area contributed by atoms with E-state index in [4.69, 9.17) is 4.74 Å². The third-order valence-electron chi connectivity index (χ3n) is 7.10. The van der Waals surface area contributed by atoms with Crippen LogP contribution in [0.5, 0.6) is 5.75 Å². The molecule has 4 rings (SSSR count). The van der Waals surface area contributed by atoms with E-state index in [1.807, 2.05) is 0 Å². The van der Waals surface area contributed by atoms with E-state index < -0.39 is 10.0 Å². The summed E-state index contributed by atoms with van der Waals surface area (Å²) in [7, 11) is -1.97. The lowest BCUT2D eigenvalue weighted by atomic mass is 9.75. The van der Waals surface area contributed by atoms with E-state index in [1.165, 1.54) is 30.0 Å². The molecule has 1 amide bonds. The number of carbonyl (C=O) groups is 1. The third kappa shape index (κ3) is 4.31. The van der Waals surface area contributed by atoms with Crippen LogP contribution in [-0.4, -0.2) is 56.8 Å². The van der Waals surface area contributed by atoms with Crippen molar-refractivity contribution in [3.05, 3.63) is 24.3 Å². The van der Waals surface area contributed by atoms with E-state index in [9.17, 15) is 13.2 Å². The Morgan fingerprint density at radius 1 is 0.931 bits per heavy atom. The van der Waals surface area contributed by atoms with E-state index >= 15 is 0 Å². The number of piperidine rings is 2. The molecule has 3 aliphatic rings. The van der Waals surface area contributed by atoms with Crippen LogP contribution < -0.4 is 4.74 Å². The first kappa shape index (κ1) is 20.7. The van der Waals surface area contributed by atoms with Gasteiger partial charge < -0.3 is 9.64 Å². The Balaban J connectivity index is 1.34. The van der Waals surface area contributed by atoms with Crippen LogP contribution in [0.2, 0.25) is 0 Å². The van der Waals surface area contributed by atoms with Crippen LogP contribution in [0.25, 0.3) is 0 Å². The first-order chi connectivity index (χ1) is 14.0. The van der Waals surface area contributed by atoms with Crippen LogP contribution >= 0.6 is 0 Å². The predicted molar refractivity (Wildman–Crippen MR) is 111 cm³/mol. The summed E-state index contributed by atoms with van der Waals surface area (Å²) >= 11 is 0. The highest BCUT2D eigenvalue weighted by Crippen LogP contribution is 2.37. The molecule has 160 valence electrons. The van der Waals surface area contributed by atoms with Crippen LogP contribution in [0.4, 0.5) is 0 Å². The number of hydrogen-bond donors (Lipinski definition) is 0. The molecule has 2 saturated heterocycles. The van der Waals surface area contributed by atoms with Crippen molar-refractivity contribution in [3.63, 3.8) is 0 Å². The fraction of sp³-hybridized carbons (Fsp3) is 0.682. The summed E-state index contributed by atoms with van der Waals surface area (Å²) in [5.41, 5.74) is 0. The summed E-state index contributed by atoms with van der Waals surface area (Å²) in [5.74, 6) is 2.32. The van der Waals surface area contributed by atoms with E-state index in [-0.39, 0.29) is 16.7 Å². The second-order valence-corrected chi connectivity index (χ2v) is 10.7. The van der Waals surface area contributed by atoms with E-state index in [0.29, 0.717) is 37.6 Å². The van der Waals surface area contributed by atoms with Crippen molar-refractivity contribution in [2.24, 2.45) is 17.8 Å². The van der Waals surface area contributed by atoms with E-state index in [2.05, 4.69) is 4.90 Å². The van der Waals surface area contributed by atoms with Gasteiger partial charge in [0.05, 0.1) is 12.0 Å².